The Morgan fingerprint density at radius 3 is 2.67 bits per heavy atom. The highest BCUT2D eigenvalue weighted by Crippen LogP contribution is 2.37. The molecule has 0 saturated heterocycles. The van der Waals surface area contributed by atoms with Crippen LogP contribution in [0.2, 0.25) is 5.02 Å². The topological polar surface area (TPSA) is 46.9 Å². The summed E-state index contributed by atoms with van der Waals surface area (Å²) in [6.07, 6.45) is 1.29. The van der Waals surface area contributed by atoms with Crippen LogP contribution in [-0.2, 0) is 0 Å². The van der Waals surface area contributed by atoms with Crippen molar-refractivity contribution in [2.45, 2.75) is 17.6 Å². The van der Waals surface area contributed by atoms with Gasteiger partial charge >= 0.3 is 0 Å². The van der Waals surface area contributed by atoms with Crippen LogP contribution in [0.5, 0.6) is 0 Å². The van der Waals surface area contributed by atoms with E-state index in [0.29, 0.717) is 5.69 Å². The maximum absolute atomic E-state index is 14.0. The highest BCUT2D eigenvalue weighted by Gasteiger charge is 2.20. The molecule has 2 aromatic carbocycles. The minimum atomic E-state index is -2.69. The van der Waals surface area contributed by atoms with Crippen molar-refractivity contribution < 1.29 is 18.0 Å². The molecule has 0 unspecified atom stereocenters. The van der Waals surface area contributed by atoms with Gasteiger partial charge in [-0.2, -0.15) is 13.9 Å². The summed E-state index contributed by atoms with van der Waals surface area (Å²) in [4.78, 5) is 12.7. The van der Waals surface area contributed by atoms with Gasteiger partial charge in [-0.3, -0.25) is 4.79 Å². The molecule has 0 aliphatic rings. The van der Waals surface area contributed by atoms with E-state index in [1.54, 1.807) is 25.1 Å². The molecule has 0 fully saturated rings. The van der Waals surface area contributed by atoms with Crippen molar-refractivity contribution in [3.05, 3.63) is 70.8 Å². The minimum Gasteiger partial charge on any atom is -0.321 e. The normalized spacial score (nSPS) is 11.0. The molecule has 0 saturated carbocycles. The Labute approximate surface area is 162 Å². The highest BCUT2D eigenvalue weighted by atomic mass is 35.5. The number of rotatable bonds is 5. The predicted molar refractivity (Wildman–Crippen MR) is 99.5 cm³/mol. The zero-order valence-corrected chi connectivity index (χ0v) is 15.5. The summed E-state index contributed by atoms with van der Waals surface area (Å²) in [6, 6.07) is 10.5. The van der Waals surface area contributed by atoms with Crippen LogP contribution in [0, 0.1) is 12.7 Å². The second-order valence-electron chi connectivity index (χ2n) is 5.46. The van der Waals surface area contributed by atoms with E-state index in [2.05, 4.69) is 10.4 Å². The van der Waals surface area contributed by atoms with Crippen LogP contribution in [0.15, 0.2) is 53.6 Å². The number of nitrogens with one attached hydrogen (secondary N) is 1. The number of thioether (sulfide) groups is 1. The van der Waals surface area contributed by atoms with Gasteiger partial charge in [0.1, 0.15) is 11.5 Å². The standard InChI is InChI=1S/C18H13ClF3N3OS/c1-10-11(9-23-25(10)15-8-3-2-6-13(15)20)17(26)24-14-7-4-5-12(19)16(14)27-18(21)22/h2-9,18H,1H3,(H,24,26). The average molecular weight is 412 g/mol. The molecule has 0 spiro atoms. The van der Waals surface area contributed by atoms with Gasteiger partial charge in [-0.25, -0.2) is 9.07 Å². The zero-order chi connectivity index (χ0) is 19.6. The third kappa shape index (κ3) is 4.12. The Kier molecular flexibility index (Phi) is 5.76. The Balaban J connectivity index is 1.91. The second kappa shape index (κ2) is 8.06. The van der Waals surface area contributed by atoms with E-state index in [-0.39, 0.29) is 38.6 Å². The maximum Gasteiger partial charge on any atom is 0.289 e. The monoisotopic (exact) mass is 411 g/mol. The van der Waals surface area contributed by atoms with Crippen LogP contribution in [-0.4, -0.2) is 21.4 Å². The first-order valence-electron chi connectivity index (χ1n) is 7.72. The maximum atomic E-state index is 14.0. The van der Waals surface area contributed by atoms with Crippen molar-refractivity contribution >= 4 is 35.0 Å². The third-order valence-electron chi connectivity index (χ3n) is 3.76. The summed E-state index contributed by atoms with van der Waals surface area (Å²) in [5, 5.41) is 6.74. The number of alkyl halides is 2. The molecule has 1 amide bonds. The minimum absolute atomic E-state index is 0.0710. The second-order valence-corrected chi connectivity index (χ2v) is 6.86. The summed E-state index contributed by atoms with van der Waals surface area (Å²) in [6.45, 7) is 1.61. The van der Waals surface area contributed by atoms with Gasteiger partial charge in [0.2, 0.25) is 0 Å². The summed E-state index contributed by atoms with van der Waals surface area (Å²) in [5.74, 6) is -3.74. The lowest BCUT2D eigenvalue weighted by molar-refractivity contribution is 0.102. The number of hydrogen-bond acceptors (Lipinski definition) is 3. The Morgan fingerprint density at radius 1 is 1.22 bits per heavy atom. The summed E-state index contributed by atoms with van der Waals surface area (Å²) < 4.78 is 40.8. The number of carbonyl (C=O) groups is 1. The molecule has 1 aromatic heterocycles. The van der Waals surface area contributed by atoms with E-state index in [0.717, 1.165) is 0 Å². The van der Waals surface area contributed by atoms with Gasteiger partial charge < -0.3 is 5.32 Å². The summed E-state index contributed by atoms with van der Waals surface area (Å²) >= 11 is 6.22. The first-order chi connectivity index (χ1) is 12.9. The average Bonchev–Trinajstić information content (AvgIpc) is 2.99. The Hall–Kier alpha value is -2.45. The number of para-hydroxylation sites is 1. The van der Waals surface area contributed by atoms with Crippen molar-refractivity contribution in [1.82, 2.24) is 9.78 Å². The molecule has 1 N–H and O–H groups in total. The van der Waals surface area contributed by atoms with Crippen LogP contribution in [0.3, 0.4) is 0 Å². The quantitative estimate of drug-likeness (QED) is 0.561. The van der Waals surface area contributed by atoms with Gasteiger partial charge in [0.05, 0.1) is 33.1 Å². The molecule has 3 rings (SSSR count). The van der Waals surface area contributed by atoms with E-state index >= 15 is 0 Å². The van der Waals surface area contributed by atoms with Crippen LogP contribution < -0.4 is 5.32 Å². The van der Waals surface area contributed by atoms with Gasteiger partial charge in [0.15, 0.2) is 0 Å². The molecular weight excluding hydrogens is 399 g/mol. The number of carbonyl (C=O) groups excluding carboxylic acids is 1. The molecule has 0 bridgehead atoms. The lowest BCUT2D eigenvalue weighted by Crippen LogP contribution is -2.14. The van der Waals surface area contributed by atoms with Crippen molar-refractivity contribution in [3.8, 4) is 5.69 Å². The van der Waals surface area contributed by atoms with Crippen LogP contribution in [0.4, 0.5) is 18.9 Å². The number of nitrogens with zero attached hydrogens (tertiary/aromatic N) is 2. The molecule has 0 radical (unpaired) electrons. The smallest absolute Gasteiger partial charge is 0.289 e. The SMILES string of the molecule is Cc1c(C(=O)Nc2cccc(Cl)c2SC(F)F)cnn1-c1ccccc1F. The fourth-order valence-corrected chi connectivity index (χ4v) is 3.42. The number of hydrogen-bond donors (Lipinski definition) is 1. The van der Waals surface area contributed by atoms with Crippen molar-refractivity contribution in [2.24, 2.45) is 0 Å². The number of benzene rings is 2. The number of halogens is 4. The van der Waals surface area contributed by atoms with Crippen LogP contribution in [0.25, 0.3) is 5.69 Å². The molecule has 27 heavy (non-hydrogen) atoms. The van der Waals surface area contributed by atoms with E-state index in [4.69, 9.17) is 11.6 Å². The number of aromatic nitrogens is 2. The Morgan fingerprint density at radius 2 is 1.96 bits per heavy atom. The molecule has 9 heteroatoms. The van der Waals surface area contributed by atoms with Crippen molar-refractivity contribution in [3.63, 3.8) is 0 Å². The van der Waals surface area contributed by atoms with E-state index < -0.39 is 17.5 Å². The summed E-state index contributed by atoms with van der Waals surface area (Å²) in [7, 11) is 0. The van der Waals surface area contributed by atoms with E-state index in [9.17, 15) is 18.0 Å². The summed E-state index contributed by atoms with van der Waals surface area (Å²) in [5.41, 5.74) is 0.954. The predicted octanol–water partition coefficient (Wildman–Crippen LogP) is 5.54. The highest BCUT2D eigenvalue weighted by molar-refractivity contribution is 7.99. The van der Waals surface area contributed by atoms with Crippen LogP contribution in [0.1, 0.15) is 16.1 Å². The van der Waals surface area contributed by atoms with Gasteiger partial charge in [-0.15, -0.1) is 0 Å². The zero-order valence-electron chi connectivity index (χ0n) is 13.9. The largest absolute Gasteiger partial charge is 0.321 e. The van der Waals surface area contributed by atoms with Crippen molar-refractivity contribution in [1.29, 1.82) is 0 Å². The van der Waals surface area contributed by atoms with Crippen molar-refractivity contribution in [2.75, 3.05) is 5.32 Å². The third-order valence-corrected chi connectivity index (χ3v) is 5.04. The fourth-order valence-electron chi connectivity index (χ4n) is 2.50. The van der Waals surface area contributed by atoms with Gasteiger partial charge in [0.25, 0.3) is 11.7 Å². The first kappa shape index (κ1) is 19.3. The van der Waals surface area contributed by atoms with Gasteiger partial charge in [0, 0.05) is 0 Å². The number of amides is 1. The van der Waals surface area contributed by atoms with E-state index in [1.807, 2.05) is 0 Å². The Bertz CT molecular complexity index is 994. The fraction of sp³-hybridized carbons (Fsp3) is 0.111. The molecule has 3 aromatic rings. The molecule has 0 atom stereocenters. The molecule has 4 nitrogen and oxygen atoms in total. The lowest BCUT2D eigenvalue weighted by atomic mass is 10.2. The molecule has 1 heterocycles. The van der Waals surface area contributed by atoms with Gasteiger partial charge in [-0.1, -0.05) is 41.6 Å². The molecular formula is C18H13ClF3N3OS. The number of anilines is 1. The van der Waals surface area contributed by atoms with Crippen LogP contribution >= 0.6 is 23.4 Å². The molecule has 0 aliphatic carbocycles. The molecule has 0 aliphatic heterocycles. The first-order valence-corrected chi connectivity index (χ1v) is 8.98. The van der Waals surface area contributed by atoms with E-state index in [1.165, 1.54) is 35.1 Å². The van der Waals surface area contributed by atoms with Gasteiger partial charge in [-0.05, 0) is 31.2 Å². The lowest BCUT2D eigenvalue weighted by Gasteiger charge is -2.12. The molecule has 140 valence electrons.